The number of hydrogen-bond acceptors (Lipinski definition) is 7. The number of anilines is 1. The fourth-order valence-corrected chi connectivity index (χ4v) is 5.78. The molecule has 0 atom stereocenters. The minimum Gasteiger partial charge on any atom is -0.493 e. The van der Waals surface area contributed by atoms with Gasteiger partial charge in [0.15, 0.2) is 11.5 Å². The van der Waals surface area contributed by atoms with E-state index in [2.05, 4.69) is 24.1 Å². The minimum absolute atomic E-state index is 0.200. The van der Waals surface area contributed by atoms with Crippen LogP contribution in [0.4, 0.5) is 10.1 Å². The molecule has 2 aromatic carbocycles. The number of carbonyl (C=O) groups excluding carboxylic acids is 1. The zero-order chi connectivity index (χ0) is 27.4. The number of ether oxygens (including phenoxy) is 3. The summed E-state index contributed by atoms with van der Waals surface area (Å²) in [6.45, 7) is 7.30. The van der Waals surface area contributed by atoms with Crippen LogP contribution in [0.25, 0.3) is 11.6 Å². The molecule has 1 aromatic heterocycles. The number of benzene rings is 2. The smallest absolute Gasteiger partial charge is 0.269 e. The van der Waals surface area contributed by atoms with Gasteiger partial charge in [-0.3, -0.25) is 14.2 Å². The summed E-state index contributed by atoms with van der Waals surface area (Å²) in [6, 6.07) is 7.71. The van der Waals surface area contributed by atoms with Gasteiger partial charge in [-0.15, -0.1) is 11.3 Å². The number of carbonyl (C=O) groups is 1. The molecular formula is C28H32FN3O5S. The Morgan fingerprint density at radius 3 is 2.32 bits per heavy atom. The second-order valence-corrected chi connectivity index (χ2v) is 9.76. The maximum atomic E-state index is 13.8. The van der Waals surface area contributed by atoms with E-state index in [9.17, 15) is 14.0 Å². The molecule has 0 aliphatic carbocycles. The minimum atomic E-state index is -0.440. The number of hydrogen-bond donors (Lipinski definition) is 1. The zero-order valence-electron chi connectivity index (χ0n) is 22.2. The summed E-state index contributed by atoms with van der Waals surface area (Å²) in [6.07, 6.45) is 2.49. The lowest BCUT2D eigenvalue weighted by molar-refractivity contribution is -0.110. The lowest BCUT2D eigenvalue weighted by Crippen LogP contribution is -2.34. The van der Waals surface area contributed by atoms with Gasteiger partial charge in [0.25, 0.3) is 11.5 Å². The van der Waals surface area contributed by atoms with Crippen molar-refractivity contribution in [2.24, 2.45) is 0 Å². The number of aromatic nitrogens is 1. The Morgan fingerprint density at radius 2 is 1.71 bits per heavy atom. The Kier molecular flexibility index (Phi) is 8.53. The van der Waals surface area contributed by atoms with Crippen LogP contribution >= 0.6 is 11.3 Å². The topological polar surface area (TPSA) is 82.0 Å². The molecule has 202 valence electrons. The van der Waals surface area contributed by atoms with Crippen molar-refractivity contribution < 1.29 is 23.4 Å². The molecule has 0 spiro atoms. The molecule has 1 N–H and O–H groups in total. The molecule has 2 heterocycles. The van der Waals surface area contributed by atoms with Gasteiger partial charge in [0.1, 0.15) is 10.5 Å². The van der Waals surface area contributed by atoms with E-state index in [4.69, 9.17) is 14.2 Å². The highest BCUT2D eigenvalue weighted by molar-refractivity contribution is 7.07. The highest BCUT2D eigenvalue weighted by atomic mass is 32.1. The fourth-order valence-electron chi connectivity index (χ4n) is 4.59. The van der Waals surface area contributed by atoms with Crippen molar-refractivity contribution in [3.05, 3.63) is 66.8 Å². The summed E-state index contributed by atoms with van der Waals surface area (Å²) >= 11 is 1.23. The van der Waals surface area contributed by atoms with E-state index in [0.717, 1.165) is 26.1 Å². The predicted molar refractivity (Wildman–Crippen MR) is 147 cm³/mol. The van der Waals surface area contributed by atoms with Crippen LogP contribution in [-0.2, 0) is 11.3 Å². The van der Waals surface area contributed by atoms with E-state index < -0.39 is 5.82 Å². The molecule has 10 heteroatoms. The molecule has 0 bridgehead atoms. The van der Waals surface area contributed by atoms with Crippen molar-refractivity contribution in [2.45, 2.75) is 26.8 Å². The number of methoxy groups -OCH3 is 3. The van der Waals surface area contributed by atoms with Crippen LogP contribution in [0.5, 0.6) is 17.2 Å². The molecule has 8 nitrogen and oxygen atoms in total. The number of amides is 1. The van der Waals surface area contributed by atoms with Crippen molar-refractivity contribution in [1.29, 1.82) is 0 Å². The van der Waals surface area contributed by atoms with Gasteiger partial charge in [0, 0.05) is 12.1 Å². The Bertz CT molecular complexity index is 1500. The third-order valence-corrected chi connectivity index (χ3v) is 7.71. The van der Waals surface area contributed by atoms with E-state index in [1.54, 1.807) is 28.8 Å². The molecule has 0 radical (unpaired) electrons. The predicted octanol–water partition coefficient (Wildman–Crippen LogP) is 2.79. The molecule has 0 saturated carbocycles. The number of fused-ring (bicyclic) bond motifs is 1. The Balaban J connectivity index is 1.92. The second kappa shape index (κ2) is 11.8. The summed E-state index contributed by atoms with van der Waals surface area (Å²) in [4.78, 5) is 29.0. The summed E-state index contributed by atoms with van der Waals surface area (Å²) in [5.74, 6) is 0.591. The van der Waals surface area contributed by atoms with Crippen molar-refractivity contribution in [3.8, 4) is 17.2 Å². The highest BCUT2D eigenvalue weighted by Gasteiger charge is 2.27. The first-order chi connectivity index (χ1) is 18.3. The van der Waals surface area contributed by atoms with E-state index in [1.807, 2.05) is 0 Å². The third-order valence-electron chi connectivity index (χ3n) is 6.58. The number of thiazole rings is 1. The summed E-state index contributed by atoms with van der Waals surface area (Å²) in [7, 11) is 4.59. The number of nitrogens with one attached hydrogen (secondary N) is 1. The molecule has 0 fully saturated rings. The summed E-state index contributed by atoms with van der Waals surface area (Å²) < 4.78 is 32.8. The molecule has 0 unspecified atom stereocenters. The van der Waals surface area contributed by atoms with E-state index in [-0.39, 0.29) is 11.5 Å². The van der Waals surface area contributed by atoms with Gasteiger partial charge in [-0.2, -0.15) is 0 Å². The number of nitrogens with zero attached hydrogens (tertiary/aromatic N) is 2. The lowest BCUT2D eigenvalue weighted by Gasteiger charge is -2.17. The zero-order valence-corrected chi connectivity index (χ0v) is 23.0. The van der Waals surface area contributed by atoms with Crippen molar-refractivity contribution in [2.75, 3.05) is 46.3 Å². The average Bonchev–Trinajstić information content (AvgIpc) is 3.40. The molecule has 0 saturated heterocycles. The second-order valence-electron chi connectivity index (χ2n) is 8.73. The maximum absolute atomic E-state index is 13.8. The molecule has 38 heavy (non-hydrogen) atoms. The van der Waals surface area contributed by atoms with Gasteiger partial charge >= 0.3 is 0 Å². The van der Waals surface area contributed by atoms with E-state index in [0.29, 0.717) is 55.4 Å². The first kappa shape index (κ1) is 27.4. The largest absolute Gasteiger partial charge is 0.493 e. The average molecular weight is 542 g/mol. The SMILES string of the molecule is CCN(CC)CCCn1c(=O)c(=Cc2cc(OC)c(OC)c(OC)c2)s/c1=C1\C(=O)Nc2cc(F)ccc21. The normalized spacial score (nSPS) is 14.6. The lowest BCUT2D eigenvalue weighted by atomic mass is 10.1. The standard InChI is InChI=1S/C28H32FN3O5S/c1-6-31(7-2)11-8-12-32-27(34)23(15-17-13-21(35-3)25(37-5)22(14-17)36-4)38-28(32)24-19-10-9-18(29)16-20(19)30-26(24)33/h9-10,13-16H,6-8,11-12H2,1-5H3,(H,30,33)/b23-15?,28-24-. The molecule has 4 rings (SSSR count). The van der Waals surface area contributed by atoms with Gasteiger partial charge in [-0.05, 0) is 68.0 Å². The molecular weight excluding hydrogens is 509 g/mol. The number of rotatable bonds is 10. The van der Waals surface area contributed by atoms with Crippen molar-refractivity contribution in [1.82, 2.24) is 9.47 Å². The van der Waals surface area contributed by atoms with E-state index in [1.165, 1.54) is 44.8 Å². The van der Waals surface area contributed by atoms with Crippen LogP contribution in [0.2, 0.25) is 0 Å². The van der Waals surface area contributed by atoms with Crippen LogP contribution in [0.3, 0.4) is 0 Å². The highest BCUT2D eigenvalue weighted by Crippen LogP contribution is 2.38. The fraction of sp³-hybridized carbons (Fsp3) is 0.357. The molecule has 1 aliphatic rings. The van der Waals surface area contributed by atoms with Gasteiger partial charge in [-0.25, -0.2) is 4.39 Å². The van der Waals surface area contributed by atoms with Gasteiger partial charge in [-0.1, -0.05) is 13.8 Å². The van der Waals surface area contributed by atoms with Crippen LogP contribution in [0.1, 0.15) is 31.4 Å². The Hall–Kier alpha value is -3.63. The molecule has 1 aliphatic heterocycles. The van der Waals surface area contributed by atoms with Crippen molar-refractivity contribution in [3.63, 3.8) is 0 Å². The Labute approximate surface area is 224 Å². The van der Waals surface area contributed by atoms with Crippen LogP contribution in [-0.4, -0.2) is 56.3 Å². The van der Waals surface area contributed by atoms with Crippen molar-refractivity contribution >= 4 is 34.6 Å². The van der Waals surface area contributed by atoms with Gasteiger partial charge in [0.2, 0.25) is 5.75 Å². The maximum Gasteiger partial charge on any atom is 0.269 e. The first-order valence-electron chi connectivity index (χ1n) is 12.4. The van der Waals surface area contributed by atoms with E-state index >= 15 is 0 Å². The quantitative estimate of drug-likeness (QED) is 0.425. The first-order valence-corrected chi connectivity index (χ1v) is 13.3. The monoisotopic (exact) mass is 541 g/mol. The third kappa shape index (κ3) is 5.32. The summed E-state index contributed by atoms with van der Waals surface area (Å²) in [5.41, 5.74) is 1.83. The molecule has 1 amide bonds. The number of halogens is 1. The van der Waals surface area contributed by atoms with Crippen LogP contribution < -0.4 is 34.3 Å². The van der Waals surface area contributed by atoms with Gasteiger partial charge < -0.3 is 24.4 Å². The van der Waals surface area contributed by atoms with Crippen LogP contribution in [0.15, 0.2) is 35.1 Å². The molecule has 3 aromatic rings. The van der Waals surface area contributed by atoms with Crippen LogP contribution in [0, 0.1) is 5.82 Å². The van der Waals surface area contributed by atoms with Gasteiger partial charge in [0.05, 0.1) is 37.1 Å². The Morgan fingerprint density at radius 1 is 1.03 bits per heavy atom. The summed E-state index contributed by atoms with van der Waals surface area (Å²) in [5, 5.41) is 2.74.